The van der Waals surface area contributed by atoms with E-state index in [4.69, 9.17) is 4.52 Å². The Hall–Kier alpha value is -2.97. The number of aryl methyl sites for hydroxylation is 1. The molecule has 2 aliphatic rings. The van der Waals surface area contributed by atoms with Gasteiger partial charge in [-0.3, -0.25) is 9.69 Å². The van der Waals surface area contributed by atoms with Crippen LogP contribution in [0.3, 0.4) is 0 Å². The Morgan fingerprint density at radius 1 is 1.26 bits per heavy atom. The molecule has 31 heavy (non-hydrogen) atoms. The van der Waals surface area contributed by atoms with Gasteiger partial charge in [0, 0.05) is 32.3 Å². The molecular formula is C23H27N5O3. The lowest BCUT2D eigenvalue weighted by Crippen LogP contribution is -2.61. The number of piperidine rings is 1. The van der Waals surface area contributed by atoms with Crippen LogP contribution < -0.4 is 5.32 Å². The third-order valence-electron chi connectivity index (χ3n) is 6.40. The zero-order valence-corrected chi connectivity index (χ0v) is 17.6. The number of rotatable bonds is 6. The van der Waals surface area contributed by atoms with Gasteiger partial charge in [0.15, 0.2) is 5.82 Å². The van der Waals surface area contributed by atoms with Crippen molar-refractivity contribution in [1.29, 1.82) is 0 Å². The van der Waals surface area contributed by atoms with Crippen LogP contribution in [0.15, 0.2) is 53.2 Å². The summed E-state index contributed by atoms with van der Waals surface area (Å²) in [5, 5.41) is 18.6. The molecule has 0 radical (unpaired) electrons. The number of nitrogens with one attached hydrogen (secondary N) is 1. The van der Waals surface area contributed by atoms with Crippen LogP contribution >= 0.6 is 0 Å². The molecule has 8 heteroatoms. The van der Waals surface area contributed by atoms with Gasteiger partial charge >= 0.3 is 0 Å². The molecule has 1 amide bonds. The minimum absolute atomic E-state index is 0.198. The number of benzene rings is 1. The number of hydrogen-bond donors (Lipinski definition) is 2. The van der Waals surface area contributed by atoms with Crippen molar-refractivity contribution in [2.75, 3.05) is 13.1 Å². The van der Waals surface area contributed by atoms with E-state index in [-0.39, 0.29) is 5.91 Å². The first-order valence-electron chi connectivity index (χ1n) is 10.8. The van der Waals surface area contributed by atoms with E-state index in [0.29, 0.717) is 43.5 Å². The maximum absolute atomic E-state index is 13.1. The van der Waals surface area contributed by atoms with Gasteiger partial charge in [0.2, 0.25) is 5.89 Å². The van der Waals surface area contributed by atoms with Crippen LogP contribution in [0.4, 0.5) is 0 Å². The van der Waals surface area contributed by atoms with Gasteiger partial charge in [0.1, 0.15) is 5.69 Å². The van der Waals surface area contributed by atoms with Gasteiger partial charge < -0.3 is 19.5 Å². The third-order valence-corrected chi connectivity index (χ3v) is 6.40. The molecule has 1 saturated carbocycles. The van der Waals surface area contributed by atoms with E-state index in [9.17, 15) is 9.90 Å². The monoisotopic (exact) mass is 421 g/mol. The van der Waals surface area contributed by atoms with Crippen LogP contribution in [0.1, 0.15) is 52.9 Å². The summed E-state index contributed by atoms with van der Waals surface area (Å²) in [7, 11) is 1.84. The molecule has 3 aromatic rings. The highest BCUT2D eigenvalue weighted by atomic mass is 16.5. The number of amides is 1. The van der Waals surface area contributed by atoms with E-state index in [1.54, 1.807) is 10.6 Å². The normalized spacial score (nSPS) is 24.3. The van der Waals surface area contributed by atoms with Crippen LogP contribution in [-0.4, -0.2) is 49.8 Å². The molecule has 1 aliphatic carbocycles. The zero-order valence-electron chi connectivity index (χ0n) is 17.6. The molecular weight excluding hydrogens is 394 g/mol. The van der Waals surface area contributed by atoms with Crippen LogP contribution in [-0.2, 0) is 19.1 Å². The molecule has 1 aromatic carbocycles. The summed E-state index contributed by atoms with van der Waals surface area (Å²) < 4.78 is 7.14. The molecule has 3 heterocycles. The average molecular weight is 422 g/mol. The molecule has 2 N–H and O–H groups in total. The van der Waals surface area contributed by atoms with E-state index in [0.717, 1.165) is 24.3 Å². The van der Waals surface area contributed by atoms with Gasteiger partial charge in [0.25, 0.3) is 5.91 Å². The smallest absolute Gasteiger partial charge is 0.268 e. The number of aliphatic hydroxyl groups is 1. The van der Waals surface area contributed by atoms with Crippen molar-refractivity contribution in [3.05, 3.63) is 71.6 Å². The first kappa shape index (κ1) is 20.0. The fraction of sp³-hybridized carbons (Fsp3) is 0.435. The van der Waals surface area contributed by atoms with E-state index >= 15 is 0 Å². The predicted molar refractivity (Wildman–Crippen MR) is 113 cm³/mol. The standard InChI is InChI=1S/C23H27N5O3/c1-27-12-5-8-18(27)21(30)25-23(17-6-3-2-4-7-17)11-13-28(14-19(23)29)15-20-24-22(31-26-20)16-9-10-16/h2-8,12,16,19,29H,9-11,13-15H2,1H3,(H,25,30)/t19-,23+/m1/s1. The van der Waals surface area contributed by atoms with Crippen LogP contribution in [0, 0.1) is 0 Å². The highest BCUT2D eigenvalue weighted by molar-refractivity contribution is 5.93. The Labute approximate surface area is 180 Å². The van der Waals surface area contributed by atoms with E-state index in [2.05, 4.69) is 20.4 Å². The lowest BCUT2D eigenvalue weighted by atomic mass is 9.78. The number of aromatic nitrogens is 3. The summed E-state index contributed by atoms with van der Waals surface area (Å²) in [5.74, 6) is 1.60. The van der Waals surface area contributed by atoms with Crippen molar-refractivity contribution < 1.29 is 14.4 Å². The highest BCUT2D eigenvalue weighted by Gasteiger charge is 2.45. The van der Waals surface area contributed by atoms with Gasteiger partial charge in [-0.1, -0.05) is 35.5 Å². The minimum atomic E-state index is -0.866. The molecule has 5 rings (SSSR count). The Balaban J connectivity index is 1.35. The Morgan fingerprint density at radius 3 is 2.74 bits per heavy atom. The van der Waals surface area contributed by atoms with Crippen molar-refractivity contribution in [1.82, 2.24) is 24.9 Å². The van der Waals surface area contributed by atoms with Gasteiger partial charge in [-0.2, -0.15) is 4.98 Å². The number of nitrogens with zero attached hydrogens (tertiary/aromatic N) is 4. The Morgan fingerprint density at radius 2 is 2.06 bits per heavy atom. The number of aliphatic hydroxyl groups excluding tert-OH is 1. The van der Waals surface area contributed by atoms with Gasteiger partial charge in [-0.05, 0) is 37.0 Å². The van der Waals surface area contributed by atoms with Crippen molar-refractivity contribution in [3.63, 3.8) is 0 Å². The second-order valence-corrected chi connectivity index (χ2v) is 8.62. The average Bonchev–Trinajstić information content (AvgIpc) is 3.37. The van der Waals surface area contributed by atoms with E-state index in [1.807, 2.05) is 49.6 Å². The Bertz CT molecular complexity index is 1060. The Kier molecular flexibility index (Phi) is 5.11. The number of carbonyl (C=O) groups is 1. The summed E-state index contributed by atoms with van der Waals surface area (Å²) in [6.45, 7) is 1.60. The van der Waals surface area contributed by atoms with Gasteiger partial charge in [-0.25, -0.2) is 0 Å². The van der Waals surface area contributed by atoms with Crippen molar-refractivity contribution >= 4 is 5.91 Å². The molecule has 1 saturated heterocycles. The van der Waals surface area contributed by atoms with Crippen molar-refractivity contribution in [2.45, 2.75) is 43.4 Å². The summed E-state index contributed by atoms with van der Waals surface area (Å²) in [6.07, 6.45) is 3.85. The topological polar surface area (TPSA) is 96.4 Å². The number of likely N-dealkylation sites (tertiary alicyclic amines) is 1. The molecule has 2 aromatic heterocycles. The zero-order chi connectivity index (χ0) is 21.4. The molecule has 8 nitrogen and oxygen atoms in total. The fourth-order valence-corrected chi connectivity index (χ4v) is 4.42. The summed E-state index contributed by atoms with van der Waals surface area (Å²) in [6, 6.07) is 13.3. The molecule has 2 fully saturated rings. The van der Waals surface area contributed by atoms with Crippen LogP contribution in [0.2, 0.25) is 0 Å². The molecule has 0 unspecified atom stereocenters. The lowest BCUT2D eigenvalue weighted by Gasteiger charge is -2.46. The number of carbonyl (C=O) groups excluding carboxylic acids is 1. The van der Waals surface area contributed by atoms with Crippen LogP contribution in [0.25, 0.3) is 0 Å². The van der Waals surface area contributed by atoms with Crippen molar-refractivity contribution in [3.8, 4) is 0 Å². The van der Waals surface area contributed by atoms with E-state index < -0.39 is 11.6 Å². The van der Waals surface area contributed by atoms with E-state index in [1.165, 1.54) is 0 Å². The molecule has 2 atom stereocenters. The van der Waals surface area contributed by atoms with Crippen molar-refractivity contribution in [2.24, 2.45) is 7.05 Å². The first-order valence-corrected chi connectivity index (χ1v) is 10.8. The third kappa shape index (κ3) is 3.88. The van der Waals surface area contributed by atoms with Gasteiger partial charge in [0.05, 0.1) is 18.2 Å². The molecule has 1 aliphatic heterocycles. The largest absolute Gasteiger partial charge is 0.389 e. The predicted octanol–water partition coefficient (Wildman–Crippen LogP) is 2.18. The lowest BCUT2D eigenvalue weighted by molar-refractivity contribution is -0.0190. The second-order valence-electron chi connectivity index (χ2n) is 8.62. The minimum Gasteiger partial charge on any atom is -0.389 e. The summed E-state index contributed by atoms with van der Waals surface area (Å²) in [4.78, 5) is 19.7. The molecule has 0 spiro atoms. The highest BCUT2D eigenvalue weighted by Crippen LogP contribution is 2.39. The second kappa shape index (κ2) is 7.94. The summed E-state index contributed by atoms with van der Waals surface area (Å²) >= 11 is 0. The number of hydrogen-bond acceptors (Lipinski definition) is 6. The fourth-order valence-electron chi connectivity index (χ4n) is 4.42. The maximum Gasteiger partial charge on any atom is 0.268 e. The number of β-amino-alcohol motifs (C(OH)–C–C–N with tert-alkyl or cyclic N) is 1. The first-order chi connectivity index (χ1) is 15.0. The maximum atomic E-state index is 13.1. The quantitative estimate of drug-likeness (QED) is 0.633. The summed E-state index contributed by atoms with van der Waals surface area (Å²) in [5.41, 5.74) is 0.597. The van der Waals surface area contributed by atoms with Gasteiger partial charge in [-0.15, -0.1) is 0 Å². The molecule has 0 bridgehead atoms. The SMILES string of the molecule is Cn1cccc1C(=O)N[C@]1(c2ccccc2)CCN(Cc2noc(C3CC3)n2)C[C@H]1O. The molecule has 162 valence electrons. The van der Waals surface area contributed by atoms with Crippen LogP contribution in [0.5, 0.6) is 0 Å².